The van der Waals surface area contributed by atoms with Gasteiger partial charge in [-0.25, -0.2) is 18.1 Å². The van der Waals surface area contributed by atoms with Crippen molar-refractivity contribution in [2.45, 2.75) is 30.6 Å². The minimum absolute atomic E-state index is 0.353. The molecule has 0 saturated carbocycles. The molecule has 0 unspecified atom stereocenters. The summed E-state index contributed by atoms with van der Waals surface area (Å²) in [6, 6.07) is 5.46. The van der Waals surface area contributed by atoms with Crippen molar-refractivity contribution in [3.05, 3.63) is 40.4 Å². The second-order valence-corrected chi connectivity index (χ2v) is 7.95. The summed E-state index contributed by atoms with van der Waals surface area (Å²) in [5.74, 6) is 0. The molecule has 3 rings (SSSR count). The van der Waals surface area contributed by atoms with E-state index >= 15 is 0 Å². The molecule has 0 fully saturated rings. The second kappa shape index (κ2) is 6.36. The SMILES string of the molecule is CNc1nc(CCNS(=O)(=O)c2ccc3c(c2)CCC3)cs1. The van der Waals surface area contributed by atoms with Crippen molar-refractivity contribution in [1.29, 1.82) is 0 Å². The number of hydrogen-bond acceptors (Lipinski definition) is 5. The molecule has 1 aliphatic carbocycles. The van der Waals surface area contributed by atoms with Crippen LogP contribution in [0.5, 0.6) is 0 Å². The van der Waals surface area contributed by atoms with Crippen LogP contribution in [0, 0.1) is 0 Å². The van der Waals surface area contributed by atoms with E-state index in [4.69, 9.17) is 0 Å². The molecule has 0 aliphatic heterocycles. The Hall–Kier alpha value is -1.44. The van der Waals surface area contributed by atoms with Gasteiger partial charge in [-0.1, -0.05) is 6.07 Å². The number of rotatable bonds is 6. The summed E-state index contributed by atoms with van der Waals surface area (Å²) >= 11 is 1.52. The van der Waals surface area contributed by atoms with Crippen molar-refractivity contribution >= 4 is 26.5 Å². The molecule has 1 aromatic carbocycles. The van der Waals surface area contributed by atoms with Gasteiger partial charge in [0.25, 0.3) is 0 Å². The summed E-state index contributed by atoms with van der Waals surface area (Å²) in [5.41, 5.74) is 3.34. The monoisotopic (exact) mass is 337 g/mol. The average molecular weight is 337 g/mol. The van der Waals surface area contributed by atoms with Crippen molar-refractivity contribution in [2.75, 3.05) is 18.9 Å². The second-order valence-electron chi connectivity index (χ2n) is 5.33. The van der Waals surface area contributed by atoms with Crippen LogP contribution in [-0.2, 0) is 29.3 Å². The Kier molecular flexibility index (Phi) is 4.46. The normalized spacial score (nSPS) is 14.0. The third kappa shape index (κ3) is 3.31. The molecule has 1 aliphatic rings. The van der Waals surface area contributed by atoms with Gasteiger partial charge in [0.05, 0.1) is 10.6 Å². The van der Waals surface area contributed by atoms with E-state index in [-0.39, 0.29) is 0 Å². The molecule has 5 nitrogen and oxygen atoms in total. The summed E-state index contributed by atoms with van der Waals surface area (Å²) in [4.78, 5) is 4.70. The first-order chi connectivity index (χ1) is 10.6. The summed E-state index contributed by atoms with van der Waals surface area (Å²) in [6.45, 7) is 0.353. The Morgan fingerprint density at radius 1 is 1.27 bits per heavy atom. The lowest BCUT2D eigenvalue weighted by molar-refractivity contribution is 0.581. The maximum Gasteiger partial charge on any atom is 0.240 e. The van der Waals surface area contributed by atoms with Gasteiger partial charge in [-0.3, -0.25) is 0 Å². The highest BCUT2D eigenvalue weighted by atomic mass is 32.2. The van der Waals surface area contributed by atoms with Crippen molar-refractivity contribution in [2.24, 2.45) is 0 Å². The minimum atomic E-state index is -3.44. The van der Waals surface area contributed by atoms with Gasteiger partial charge in [0.1, 0.15) is 0 Å². The summed E-state index contributed by atoms with van der Waals surface area (Å²) in [7, 11) is -1.62. The molecule has 7 heteroatoms. The third-order valence-electron chi connectivity index (χ3n) is 3.82. The molecular weight excluding hydrogens is 318 g/mol. The van der Waals surface area contributed by atoms with Gasteiger partial charge < -0.3 is 5.32 Å². The lowest BCUT2D eigenvalue weighted by Crippen LogP contribution is -2.26. The molecule has 22 heavy (non-hydrogen) atoms. The predicted molar refractivity (Wildman–Crippen MR) is 89.0 cm³/mol. The van der Waals surface area contributed by atoms with Crippen molar-refractivity contribution in [1.82, 2.24) is 9.71 Å². The largest absolute Gasteiger partial charge is 0.365 e. The van der Waals surface area contributed by atoms with Crippen LogP contribution >= 0.6 is 11.3 Å². The maximum absolute atomic E-state index is 12.3. The quantitative estimate of drug-likeness (QED) is 0.848. The number of aromatic nitrogens is 1. The van der Waals surface area contributed by atoms with Gasteiger partial charge in [-0.15, -0.1) is 11.3 Å². The molecule has 0 atom stereocenters. The van der Waals surface area contributed by atoms with Crippen molar-refractivity contribution < 1.29 is 8.42 Å². The van der Waals surface area contributed by atoms with Gasteiger partial charge in [0.2, 0.25) is 10.0 Å². The molecule has 0 amide bonds. The number of hydrogen-bond donors (Lipinski definition) is 2. The van der Waals surface area contributed by atoms with Crippen LogP contribution in [0.3, 0.4) is 0 Å². The minimum Gasteiger partial charge on any atom is -0.365 e. The number of sulfonamides is 1. The van der Waals surface area contributed by atoms with Crippen LogP contribution in [0.15, 0.2) is 28.5 Å². The Morgan fingerprint density at radius 3 is 2.86 bits per heavy atom. The van der Waals surface area contributed by atoms with E-state index in [2.05, 4.69) is 15.0 Å². The zero-order chi connectivity index (χ0) is 15.6. The number of anilines is 1. The fraction of sp³-hybridized carbons (Fsp3) is 0.400. The van der Waals surface area contributed by atoms with Gasteiger partial charge >= 0.3 is 0 Å². The lowest BCUT2D eigenvalue weighted by atomic mass is 10.1. The van der Waals surface area contributed by atoms with Crippen molar-refractivity contribution in [3.63, 3.8) is 0 Å². The Balaban J connectivity index is 1.63. The van der Waals surface area contributed by atoms with Crippen molar-refractivity contribution in [3.8, 4) is 0 Å². The van der Waals surface area contributed by atoms with Crippen LogP contribution in [0.1, 0.15) is 23.2 Å². The highest BCUT2D eigenvalue weighted by Gasteiger charge is 2.18. The molecule has 0 saturated heterocycles. The topological polar surface area (TPSA) is 71.1 Å². The number of thiazole rings is 1. The standard InChI is InChI=1S/C15H19N3O2S2/c1-16-15-18-13(10-21-15)7-8-17-22(19,20)14-6-5-11-3-2-4-12(11)9-14/h5-6,9-10,17H,2-4,7-8H2,1H3,(H,16,18). The van der Waals surface area contributed by atoms with Crippen LogP contribution in [0.4, 0.5) is 5.13 Å². The fourth-order valence-electron chi connectivity index (χ4n) is 2.65. The first-order valence-electron chi connectivity index (χ1n) is 7.32. The molecule has 0 bridgehead atoms. The molecule has 1 heterocycles. The summed E-state index contributed by atoms with van der Waals surface area (Å²) < 4.78 is 27.3. The highest BCUT2D eigenvalue weighted by molar-refractivity contribution is 7.89. The first kappa shape index (κ1) is 15.5. The molecule has 1 aromatic heterocycles. The van der Waals surface area contributed by atoms with E-state index in [1.165, 1.54) is 22.5 Å². The lowest BCUT2D eigenvalue weighted by Gasteiger charge is -2.08. The molecular formula is C15H19N3O2S2. The number of nitrogens with one attached hydrogen (secondary N) is 2. The fourth-order valence-corrected chi connectivity index (χ4v) is 4.44. The van der Waals surface area contributed by atoms with Gasteiger partial charge in [0, 0.05) is 25.4 Å². The zero-order valence-electron chi connectivity index (χ0n) is 12.4. The Labute approximate surface area is 134 Å². The molecule has 2 aromatic rings. The number of benzene rings is 1. The molecule has 0 spiro atoms. The number of fused-ring (bicyclic) bond motifs is 1. The van der Waals surface area contributed by atoms with Crippen LogP contribution in [0.25, 0.3) is 0 Å². The van der Waals surface area contributed by atoms with E-state index < -0.39 is 10.0 Å². The number of nitrogens with zero attached hydrogens (tertiary/aromatic N) is 1. The van der Waals surface area contributed by atoms with Gasteiger partial charge in [-0.05, 0) is 42.5 Å². The smallest absolute Gasteiger partial charge is 0.240 e. The first-order valence-corrected chi connectivity index (χ1v) is 9.68. The molecule has 0 radical (unpaired) electrons. The average Bonchev–Trinajstić information content (AvgIpc) is 3.14. The van der Waals surface area contributed by atoms with Crippen LogP contribution in [-0.4, -0.2) is 27.0 Å². The van der Waals surface area contributed by atoms with Gasteiger partial charge in [-0.2, -0.15) is 0 Å². The zero-order valence-corrected chi connectivity index (χ0v) is 14.1. The van der Waals surface area contributed by atoms with Crippen LogP contribution in [0.2, 0.25) is 0 Å². The van der Waals surface area contributed by atoms with E-state index in [1.807, 2.05) is 24.6 Å². The summed E-state index contributed by atoms with van der Waals surface area (Å²) in [6.07, 6.45) is 3.73. The predicted octanol–water partition coefficient (Wildman–Crippen LogP) is 2.19. The molecule has 2 N–H and O–H groups in total. The van der Waals surface area contributed by atoms with Crippen LogP contribution < -0.4 is 10.0 Å². The van der Waals surface area contributed by atoms with E-state index in [0.29, 0.717) is 17.9 Å². The van der Waals surface area contributed by atoms with E-state index in [1.54, 1.807) is 6.07 Å². The van der Waals surface area contributed by atoms with E-state index in [9.17, 15) is 8.42 Å². The van der Waals surface area contributed by atoms with Gasteiger partial charge in [0.15, 0.2) is 5.13 Å². The highest BCUT2D eigenvalue weighted by Crippen LogP contribution is 2.24. The number of aryl methyl sites for hydroxylation is 2. The third-order valence-corrected chi connectivity index (χ3v) is 6.19. The Morgan fingerprint density at radius 2 is 2.09 bits per heavy atom. The van der Waals surface area contributed by atoms with E-state index in [0.717, 1.165) is 30.1 Å². The Bertz CT molecular complexity index is 769. The summed E-state index contributed by atoms with van der Waals surface area (Å²) in [5, 5.41) is 5.76. The molecule has 118 valence electrons. The maximum atomic E-state index is 12.3.